The van der Waals surface area contributed by atoms with Crippen LogP contribution in [0.3, 0.4) is 0 Å². The van der Waals surface area contributed by atoms with Crippen LogP contribution < -0.4 is 0 Å². The largest absolute Gasteiger partial charge is 0.330 e. The van der Waals surface area contributed by atoms with Crippen molar-refractivity contribution in [3.8, 4) is 0 Å². The predicted octanol–water partition coefficient (Wildman–Crippen LogP) is 3.50. The van der Waals surface area contributed by atoms with Gasteiger partial charge in [0.2, 0.25) is 0 Å². The van der Waals surface area contributed by atoms with Crippen LogP contribution in [-0.2, 0) is 6.54 Å². The number of hydrogen-bond acceptors (Lipinski definition) is 1. The number of aromatic nitrogens is 2. The first kappa shape index (κ1) is 11.8. The van der Waals surface area contributed by atoms with Crippen molar-refractivity contribution in [2.24, 2.45) is 0 Å². The van der Waals surface area contributed by atoms with Crippen LogP contribution >= 0.6 is 0 Å². The van der Waals surface area contributed by atoms with Gasteiger partial charge in [0.1, 0.15) is 11.6 Å². The summed E-state index contributed by atoms with van der Waals surface area (Å²) in [7, 11) is 0. The van der Waals surface area contributed by atoms with Gasteiger partial charge < -0.3 is 4.57 Å². The molecule has 0 spiro atoms. The van der Waals surface area contributed by atoms with Gasteiger partial charge in [-0.05, 0) is 30.2 Å². The summed E-state index contributed by atoms with van der Waals surface area (Å²) in [5.41, 5.74) is 2.11. The van der Waals surface area contributed by atoms with Crippen molar-refractivity contribution in [2.45, 2.75) is 33.2 Å². The van der Waals surface area contributed by atoms with E-state index in [1.54, 1.807) is 12.3 Å². The highest BCUT2D eigenvalue weighted by molar-refractivity contribution is 5.27. The molecular weight excluding hydrogens is 215 g/mol. The van der Waals surface area contributed by atoms with E-state index >= 15 is 0 Å². The van der Waals surface area contributed by atoms with Crippen molar-refractivity contribution < 1.29 is 4.39 Å². The third kappa shape index (κ3) is 2.54. The Morgan fingerprint density at radius 3 is 2.82 bits per heavy atom. The molecule has 0 aliphatic heterocycles. The molecule has 0 aliphatic rings. The number of nitrogens with zero attached hydrogens (tertiary/aromatic N) is 2. The molecular formula is C14H17FN2. The second-order valence-corrected chi connectivity index (χ2v) is 4.64. The van der Waals surface area contributed by atoms with Gasteiger partial charge in [0, 0.05) is 24.9 Å². The highest BCUT2D eigenvalue weighted by Crippen LogP contribution is 2.16. The first-order valence-electron chi connectivity index (χ1n) is 5.84. The lowest BCUT2D eigenvalue weighted by atomic mass is 10.1. The molecule has 1 heterocycles. The average Bonchev–Trinajstić information content (AvgIpc) is 2.71. The molecule has 0 bridgehead atoms. The zero-order valence-electron chi connectivity index (χ0n) is 10.4. The summed E-state index contributed by atoms with van der Waals surface area (Å²) >= 11 is 0. The van der Waals surface area contributed by atoms with Gasteiger partial charge in [-0.1, -0.05) is 19.9 Å². The molecule has 0 saturated heterocycles. The second-order valence-electron chi connectivity index (χ2n) is 4.64. The Bertz CT molecular complexity index is 515. The smallest absolute Gasteiger partial charge is 0.123 e. The van der Waals surface area contributed by atoms with Crippen molar-refractivity contribution in [1.29, 1.82) is 0 Å². The summed E-state index contributed by atoms with van der Waals surface area (Å²) < 4.78 is 15.3. The standard InChI is InChI=1S/C14H17FN2/c1-10(2)14-16-6-7-17(14)9-12-8-13(15)5-4-11(12)3/h4-8,10H,9H2,1-3H3. The van der Waals surface area contributed by atoms with E-state index in [1.807, 2.05) is 19.2 Å². The molecule has 1 aromatic carbocycles. The Kier molecular flexibility index (Phi) is 3.27. The van der Waals surface area contributed by atoms with Crippen LogP contribution in [0.15, 0.2) is 30.6 Å². The van der Waals surface area contributed by atoms with Gasteiger partial charge in [-0.25, -0.2) is 9.37 Å². The van der Waals surface area contributed by atoms with E-state index in [9.17, 15) is 4.39 Å². The third-order valence-electron chi connectivity index (χ3n) is 2.92. The van der Waals surface area contributed by atoms with Crippen LogP contribution in [-0.4, -0.2) is 9.55 Å². The molecule has 0 aliphatic carbocycles. The van der Waals surface area contributed by atoms with Crippen LogP contribution in [0.1, 0.15) is 36.7 Å². The van der Waals surface area contributed by atoms with Gasteiger partial charge in [-0.3, -0.25) is 0 Å². The van der Waals surface area contributed by atoms with Crippen molar-refractivity contribution in [3.63, 3.8) is 0 Å². The van der Waals surface area contributed by atoms with Crippen molar-refractivity contribution in [3.05, 3.63) is 53.4 Å². The predicted molar refractivity (Wildman–Crippen MR) is 66.6 cm³/mol. The highest BCUT2D eigenvalue weighted by atomic mass is 19.1. The fourth-order valence-corrected chi connectivity index (χ4v) is 1.95. The van der Waals surface area contributed by atoms with Crippen LogP contribution in [0.25, 0.3) is 0 Å². The molecule has 2 nitrogen and oxygen atoms in total. The highest BCUT2D eigenvalue weighted by Gasteiger charge is 2.08. The van der Waals surface area contributed by atoms with Gasteiger partial charge in [0.15, 0.2) is 0 Å². The summed E-state index contributed by atoms with van der Waals surface area (Å²) in [6.07, 6.45) is 3.74. The lowest BCUT2D eigenvalue weighted by molar-refractivity contribution is 0.618. The molecule has 0 saturated carbocycles. The first-order chi connectivity index (χ1) is 8.08. The van der Waals surface area contributed by atoms with Gasteiger partial charge in [0.05, 0.1) is 0 Å². The normalized spacial score (nSPS) is 11.1. The molecule has 2 rings (SSSR count). The fourth-order valence-electron chi connectivity index (χ4n) is 1.95. The lowest BCUT2D eigenvalue weighted by Gasteiger charge is -2.12. The molecule has 0 atom stereocenters. The maximum atomic E-state index is 13.2. The summed E-state index contributed by atoms with van der Waals surface area (Å²) in [5.74, 6) is 1.23. The molecule has 1 aromatic heterocycles. The topological polar surface area (TPSA) is 17.8 Å². The maximum absolute atomic E-state index is 13.2. The van der Waals surface area contributed by atoms with Crippen LogP contribution in [0.4, 0.5) is 4.39 Å². The Hall–Kier alpha value is -1.64. The van der Waals surface area contributed by atoms with Crippen LogP contribution in [0, 0.1) is 12.7 Å². The number of halogens is 1. The second kappa shape index (κ2) is 4.70. The van der Waals surface area contributed by atoms with Gasteiger partial charge in [-0.2, -0.15) is 0 Å². The molecule has 0 amide bonds. The molecule has 3 heteroatoms. The zero-order valence-corrected chi connectivity index (χ0v) is 10.4. The molecule has 0 fully saturated rings. The van der Waals surface area contributed by atoms with Crippen molar-refractivity contribution in [1.82, 2.24) is 9.55 Å². The average molecular weight is 232 g/mol. The van der Waals surface area contributed by atoms with E-state index in [2.05, 4.69) is 23.4 Å². The zero-order chi connectivity index (χ0) is 12.4. The Balaban J connectivity index is 2.31. The number of rotatable bonds is 3. The number of imidazole rings is 1. The van der Waals surface area contributed by atoms with Gasteiger partial charge in [-0.15, -0.1) is 0 Å². The minimum absolute atomic E-state index is 0.184. The Morgan fingerprint density at radius 2 is 2.12 bits per heavy atom. The van der Waals surface area contributed by atoms with Gasteiger partial charge in [0.25, 0.3) is 0 Å². The van der Waals surface area contributed by atoms with Crippen molar-refractivity contribution in [2.75, 3.05) is 0 Å². The molecule has 17 heavy (non-hydrogen) atoms. The SMILES string of the molecule is Cc1ccc(F)cc1Cn1ccnc1C(C)C. The minimum Gasteiger partial charge on any atom is -0.330 e. The number of hydrogen-bond donors (Lipinski definition) is 0. The van der Waals surface area contributed by atoms with E-state index in [-0.39, 0.29) is 5.82 Å². The van der Waals surface area contributed by atoms with Crippen LogP contribution in [0.5, 0.6) is 0 Å². The summed E-state index contributed by atoms with van der Waals surface area (Å²) in [5, 5.41) is 0. The Labute approximate surface area is 101 Å². The fraction of sp³-hybridized carbons (Fsp3) is 0.357. The maximum Gasteiger partial charge on any atom is 0.123 e. The van der Waals surface area contributed by atoms with Gasteiger partial charge >= 0.3 is 0 Å². The third-order valence-corrected chi connectivity index (χ3v) is 2.92. The monoisotopic (exact) mass is 232 g/mol. The van der Waals surface area contributed by atoms with E-state index in [0.717, 1.165) is 17.0 Å². The number of aryl methyl sites for hydroxylation is 1. The molecule has 0 radical (unpaired) electrons. The molecule has 0 N–H and O–H groups in total. The van der Waals surface area contributed by atoms with E-state index in [0.29, 0.717) is 12.5 Å². The Morgan fingerprint density at radius 1 is 1.35 bits per heavy atom. The summed E-state index contributed by atoms with van der Waals surface area (Å²) in [6.45, 7) is 6.90. The first-order valence-corrected chi connectivity index (χ1v) is 5.84. The lowest BCUT2D eigenvalue weighted by Crippen LogP contribution is -2.07. The molecule has 0 unspecified atom stereocenters. The molecule has 2 aromatic rings. The summed E-state index contributed by atoms with van der Waals surface area (Å²) in [6, 6.07) is 4.91. The quantitative estimate of drug-likeness (QED) is 0.792. The van der Waals surface area contributed by atoms with E-state index < -0.39 is 0 Å². The van der Waals surface area contributed by atoms with Crippen LogP contribution in [0.2, 0.25) is 0 Å². The molecule has 90 valence electrons. The van der Waals surface area contributed by atoms with E-state index in [1.165, 1.54) is 6.07 Å². The summed E-state index contributed by atoms with van der Waals surface area (Å²) in [4.78, 5) is 4.33. The minimum atomic E-state index is -0.184. The van der Waals surface area contributed by atoms with E-state index in [4.69, 9.17) is 0 Å². The number of benzene rings is 1. The van der Waals surface area contributed by atoms with Crippen molar-refractivity contribution >= 4 is 0 Å².